The van der Waals surface area contributed by atoms with Crippen molar-refractivity contribution < 1.29 is 4.74 Å². The largest absolute Gasteiger partial charge is 0.380 e. The Balaban J connectivity index is 2.34. The molecule has 3 N–H and O–H groups in total. The van der Waals surface area contributed by atoms with Gasteiger partial charge in [-0.2, -0.15) is 0 Å². The molecule has 1 fully saturated rings. The first-order chi connectivity index (χ1) is 7.13. The molecule has 0 amide bonds. The summed E-state index contributed by atoms with van der Waals surface area (Å²) in [6.45, 7) is 7.74. The average molecular weight is 213 g/mol. The van der Waals surface area contributed by atoms with Crippen LogP contribution in [0, 0.1) is 5.92 Å². The highest BCUT2D eigenvalue weighted by Gasteiger charge is 2.21. The van der Waals surface area contributed by atoms with E-state index in [9.17, 15) is 0 Å². The first-order valence-corrected chi connectivity index (χ1v) is 5.81. The van der Waals surface area contributed by atoms with Gasteiger partial charge in [-0.3, -0.25) is 4.99 Å². The molecule has 1 rings (SSSR count). The third-order valence-electron chi connectivity index (χ3n) is 2.51. The second kappa shape index (κ2) is 5.95. The molecule has 0 bridgehead atoms. The average Bonchev–Trinajstić information content (AvgIpc) is 2.95. The summed E-state index contributed by atoms with van der Waals surface area (Å²) in [5.74, 6) is 1.06. The molecule has 1 atom stereocenters. The smallest absolute Gasteiger partial charge is 0.189 e. The van der Waals surface area contributed by atoms with Crippen molar-refractivity contribution in [3.63, 3.8) is 0 Å². The van der Waals surface area contributed by atoms with Crippen LogP contribution in [0.2, 0.25) is 0 Å². The summed E-state index contributed by atoms with van der Waals surface area (Å²) in [5, 5.41) is 3.23. The minimum absolute atomic E-state index is 0.257. The topological polar surface area (TPSA) is 59.6 Å². The fraction of sp³-hybridized carbons (Fsp3) is 0.909. The van der Waals surface area contributed by atoms with Crippen molar-refractivity contribution in [1.29, 1.82) is 0 Å². The van der Waals surface area contributed by atoms with Crippen LogP contribution in [-0.4, -0.2) is 31.3 Å². The molecule has 0 radical (unpaired) electrons. The second-order valence-corrected chi connectivity index (χ2v) is 4.40. The highest BCUT2D eigenvalue weighted by molar-refractivity contribution is 5.78. The zero-order chi connectivity index (χ0) is 11.3. The molecule has 1 unspecified atom stereocenters. The van der Waals surface area contributed by atoms with Crippen LogP contribution in [-0.2, 0) is 4.74 Å². The third kappa shape index (κ3) is 5.02. The van der Waals surface area contributed by atoms with Crippen LogP contribution in [0.5, 0.6) is 0 Å². The van der Waals surface area contributed by atoms with E-state index in [0.717, 1.165) is 6.61 Å². The molecule has 88 valence electrons. The predicted octanol–water partition coefficient (Wildman–Crippen LogP) is 1.11. The van der Waals surface area contributed by atoms with Gasteiger partial charge in [0, 0.05) is 6.61 Å². The summed E-state index contributed by atoms with van der Waals surface area (Å²) < 4.78 is 5.41. The molecule has 0 aromatic carbocycles. The molecule has 0 saturated heterocycles. The van der Waals surface area contributed by atoms with Crippen LogP contribution in [0.1, 0.15) is 33.6 Å². The molecule has 0 aromatic rings. The molecule has 1 aliphatic carbocycles. The van der Waals surface area contributed by atoms with Gasteiger partial charge in [-0.15, -0.1) is 0 Å². The summed E-state index contributed by atoms with van der Waals surface area (Å²) >= 11 is 0. The monoisotopic (exact) mass is 213 g/mol. The molecule has 1 saturated carbocycles. The van der Waals surface area contributed by atoms with Gasteiger partial charge < -0.3 is 15.8 Å². The van der Waals surface area contributed by atoms with Crippen molar-refractivity contribution in [3.8, 4) is 0 Å². The molecular weight excluding hydrogens is 190 g/mol. The first kappa shape index (κ1) is 12.3. The maximum absolute atomic E-state index is 5.81. The lowest BCUT2D eigenvalue weighted by Crippen LogP contribution is -2.45. The van der Waals surface area contributed by atoms with E-state index in [1.165, 1.54) is 12.8 Å². The highest BCUT2D eigenvalue weighted by Crippen LogP contribution is 2.23. The van der Waals surface area contributed by atoms with Crippen molar-refractivity contribution in [3.05, 3.63) is 0 Å². The van der Waals surface area contributed by atoms with E-state index in [0.29, 0.717) is 24.5 Å². The zero-order valence-electron chi connectivity index (χ0n) is 9.99. The van der Waals surface area contributed by atoms with Crippen molar-refractivity contribution in [1.82, 2.24) is 5.32 Å². The van der Waals surface area contributed by atoms with E-state index in [1.807, 2.05) is 6.92 Å². The standard InChI is InChI=1S/C11H23N3O/c1-4-15-7-10(8(2)3)14-11(12)13-9-5-6-9/h8-10H,4-7H2,1-3H3,(H3,12,13,14). The summed E-state index contributed by atoms with van der Waals surface area (Å²) in [4.78, 5) is 4.35. The number of hydrogen-bond acceptors (Lipinski definition) is 2. The SMILES string of the molecule is CCOCC(NC(N)=NC1CC1)C(C)C. The van der Waals surface area contributed by atoms with Crippen LogP contribution >= 0.6 is 0 Å². The van der Waals surface area contributed by atoms with Gasteiger partial charge in [-0.1, -0.05) is 13.8 Å². The molecule has 0 aromatic heterocycles. The number of aliphatic imine (C=N–C) groups is 1. The van der Waals surface area contributed by atoms with E-state index < -0.39 is 0 Å². The zero-order valence-corrected chi connectivity index (χ0v) is 9.99. The van der Waals surface area contributed by atoms with Gasteiger partial charge in [-0.25, -0.2) is 0 Å². The molecule has 0 spiro atoms. The minimum atomic E-state index is 0.257. The quantitative estimate of drug-likeness (QED) is 0.513. The molecule has 0 heterocycles. The Morgan fingerprint density at radius 3 is 2.67 bits per heavy atom. The van der Waals surface area contributed by atoms with Crippen LogP contribution in [0.25, 0.3) is 0 Å². The van der Waals surface area contributed by atoms with Gasteiger partial charge in [0.05, 0.1) is 18.7 Å². The van der Waals surface area contributed by atoms with Crippen molar-refractivity contribution >= 4 is 5.96 Å². The Labute approximate surface area is 92.3 Å². The molecule has 0 aliphatic heterocycles. The fourth-order valence-corrected chi connectivity index (χ4v) is 1.27. The Morgan fingerprint density at radius 2 is 2.20 bits per heavy atom. The van der Waals surface area contributed by atoms with Crippen LogP contribution in [0.3, 0.4) is 0 Å². The van der Waals surface area contributed by atoms with Gasteiger partial charge in [0.1, 0.15) is 0 Å². The van der Waals surface area contributed by atoms with Gasteiger partial charge in [0.2, 0.25) is 0 Å². The minimum Gasteiger partial charge on any atom is -0.380 e. The van der Waals surface area contributed by atoms with Crippen molar-refractivity contribution in [2.45, 2.75) is 45.7 Å². The predicted molar refractivity (Wildman–Crippen MR) is 62.9 cm³/mol. The normalized spacial score (nSPS) is 19.3. The van der Waals surface area contributed by atoms with Gasteiger partial charge in [0.15, 0.2) is 5.96 Å². The van der Waals surface area contributed by atoms with Crippen LogP contribution < -0.4 is 11.1 Å². The molecule has 15 heavy (non-hydrogen) atoms. The van der Waals surface area contributed by atoms with Gasteiger partial charge in [-0.05, 0) is 25.7 Å². The van der Waals surface area contributed by atoms with E-state index in [-0.39, 0.29) is 6.04 Å². The number of nitrogens with zero attached hydrogens (tertiary/aromatic N) is 1. The van der Waals surface area contributed by atoms with Crippen molar-refractivity contribution in [2.75, 3.05) is 13.2 Å². The summed E-state index contributed by atoms with van der Waals surface area (Å²) in [7, 11) is 0. The summed E-state index contributed by atoms with van der Waals surface area (Å²) in [6, 6.07) is 0.727. The maximum atomic E-state index is 5.81. The maximum Gasteiger partial charge on any atom is 0.189 e. The fourth-order valence-electron chi connectivity index (χ4n) is 1.27. The first-order valence-electron chi connectivity index (χ1n) is 5.81. The summed E-state index contributed by atoms with van der Waals surface area (Å²) in [6.07, 6.45) is 2.36. The lowest BCUT2D eigenvalue weighted by molar-refractivity contribution is 0.115. The van der Waals surface area contributed by atoms with E-state index in [1.54, 1.807) is 0 Å². The van der Waals surface area contributed by atoms with Gasteiger partial charge in [0.25, 0.3) is 0 Å². The molecule has 1 aliphatic rings. The second-order valence-electron chi connectivity index (χ2n) is 4.40. The lowest BCUT2D eigenvalue weighted by atomic mass is 10.1. The third-order valence-corrected chi connectivity index (χ3v) is 2.51. The Bertz CT molecular complexity index is 212. The van der Waals surface area contributed by atoms with Crippen LogP contribution in [0.4, 0.5) is 0 Å². The number of rotatable bonds is 6. The lowest BCUT2D eigenvalue weighted by Gasteiger charge is -2.22. The van der Waals surface area contributed by atoms with E-state index in [4.69, 9.17) is 10.5 Å². The molecule has 4 heteroatoms. The number of nitrogens with two attached hydrogens (primary N) is 1. The number of guanidine groups is 1. The van der Waals surface area contributed by atoms with Crippen molar-refractivity contribution in [2.24, 2.45) is 16.6 Å². The molecule has 4 nitrogen and oxygen atoms in total. The highest BCUT2D eigenvalue weighted by atomic mass is 16.5. The number of ether oxygens (including phenoxy) is 1. The van der Waals surface area contributed by atoms with E-state index >= 15 is 0 Å². The Morgan fingerprint density at radius 1 is 1.53 bits per heavy atom. The summed E-state index contributed by atoms with van der Waals surface area (Å²) in [5.41, 5.74) is 5.81. The Kier molecular flexibility index (Phi) is 4.88. The van der Waals surface area contributed by atoms with Gasteiger partial charge >= 0.3 is 0 Å². The molecular formula is C11H23N3O. The van der Waals surface area contributed by atoms with Crippen LogP contribution in [0.15, 0.2) is 4.99 Å². The van der Waals surface area contributed by atoms with E-state index in [2.05, 4.69) is 24.2 Å². The number of hydrogen-bond donors (Lipinski definition) is 2. The number of nitrogens with one attached hydrogen (secondary N) is 1. The Hall–Kier alpha value is -0.770.